The van der Waals surface area contributed by atoms with Crippen molar-refractivity contribution in [2.75, 3.05) is 26.7 Å². The van der Waals surface area contributed by atoms with Crippen LogP contribution < -0.4 is 15.4 Å². The molecule has 5 nitrogen and oxygen atoms in total. The van der Waals surface area contributed by atoms with Crippen LogP contribution >= 0.6 is 0 Å². The topological polar surface area (TPSA) is 63.2 Å². The third-order valence-corrected chi connectivity index (χ3v) is 6.44. The molecule has 3 aromatic rings. The maximum atomic E-state index is 11.3. The molecule has 2 N–H and O–H groups in total. The van der Waals surface area contributed by atoms with Gasteiger partial charge in [-0.15, -0.1) is 0 Å². The van der Waals surface area contributed by atoms with Gasteiger partial charge in [0.05, 0.1) is 17.8 Å². The number of hydrogen-bond acceptors (Lipinski definition) is 5. The first-order chi connectivity index (χ1) is 15.2. The third kappa shape index (κ3) is 4.78. The van der Waals surface area contributed by atoms with Crippen LogP contribution in [0.4, 0.5) is 0 Å². The Morgan fingerprint density at radius 3 is 2.61 bits per heavy atom. The molecule has 0 bridgehead atoms. The molecule has 1 aromatic heterocycles. The van der Waals surface area contributed by atoms with Crippen LogP contribution in [0.25, 0.3) is 22.2 Å². The van der Waals surface area contributed by atoms with Gasteiger partial charge in [-0.25, -0.2) is 4.98 Å². The zero-order valence-corrected chi connectivity index (χ0v) is 18.4. The van der Waals surface area contributed by atoms with E-state index < -0.39 is 0 Å². The summed E-state index contributed by atoms with van der Waals surface area (Å²) in [5.41, 5.74) is 3.95. The Morgan fingerprint density at radius 1 is 1.19 bits per heavy atom. The Kier molecular flexibility index (Phi) is 6.64. The lowest BCUT2D eigenvalue weighted by Crippen LogP contribution is -2.48. The number of fused-ring (bicyclic) bond motifs is 1. The first-order valence-electron chi connectivity index (χ1n) is 11.1. The highest BCUT2D eigenvalue weighted by Crippen LogP contribution is 2.45. The highest BCUT2D eigenvalue weighted by molar-refractivity contribution is 5.98. The number of nitrogens with one attached hydrogen (secondary N) is 2. The van der Waals surface area contributed by atoms with Gasteiger partial charge in [-0.05, 0) is 81.6 Å². The summed E-state index contributed by atoms with van der Waals surface area (Å²) < 4.78 is 5.44. The maximum Gasteiger partial charge on any atom is 0.150 e. The van der Waals surface area contributed by atoms with Crippen molar-refractivity contribution in [1.82, 2.24) is 15.6 Å². The Balaban J connectivity index is 0.000000192. The molecule has 0 unspecified atom stereocenters. The summed E-state index contributed by atoms with van der Waals surface area (Å²) in [5, 5.41) is 7.63. The third-order valence-electron chi connectivity index (χ3n) is 6.44. The van der Waals surface area contributed by atoms with Crippen molar-refractivity contribution in [3.63, 3.8) is 0 Å². The first-order valence-corrected chi connectivity index (χ1v) is 11.1. The van der Waals surface area contributed by atoms with Crippen LogP contribution in [0.3, 0.4) is 0 Å². The molecule has 2 heterocycles. The molecule has 0 amide bonds. The summed E-state index contributed by atoms with van der Waals surface area (Å²) in [6.45, 7) is 5.11. The van der Waals surface area contributed by atoms with Crippen LogP contribution in [0.2, 0.25) is 0 Å². The van der Waals surface area contributed by atoms with Crippen molar-refractivity contribution in [3.05, 3.63) is 60.2 Å². The summed E-state index contributed by atoms with van der Waals surface area (Å²) in [7, 11) is 2.07. The van der Waals surface area contributed by atoms with E-state index in [4.69, 9.17) is 4.74 Å². The van der Waals surface area contributed by atoms with Crippen LogP contribution in [0.5, 0.6) is 5.75 Å². The van der Waals surface area contributed by atoms with Gasteiger partial charge in [0.1, 0.15) is 5.75 Å². The number of aldehydes is 1. The second-order valence-corrected chi connectivity index (χ2v) is 8.51. The number of rotatable bonds is 5. The molecule has 31 heavy (non-hydrogen) atoms. The van der Waals surface area contributed by atoms with Gasteiger partial charge in [0, 0.05) is 29.1 Å². The van der Waals surface area contributed by atoms with Crippen molar-refractivity contribution < 1.29 is 9.53 Å². The van der Waals surface area contributed by atoms with Gasteiger partial charge in [0.25, 0.3) is 0 Å². The number of hydrogen-bond donors (Lipinski definition) is 2. The molecule has 0 atom stereocenters. The van der Waals surface area contributed by atoms with Gasteiger partial charge in [-0.2, -0.15) is 0 Å². The molecule has 5 heteroatoms. The molecule has 0 radical (unpaired) electrons. The van der Waals surface area contributed by atoms with Crippen molar-refractivity contribution >= 4 is 17.2 Å². The average molecular weight is 418 g/mol. The lowest BCUT2D eigenvalue weighted by molar-refractivity contribution is 0.110. The molecule has 1 spiro atoms. The quantitative estimate of drug-likeness (QED) is 0.600. The summed E-state index contributed by atoms with van der Waals surface area (Å²) in [5.74, 6) is 0.831. The minimum atomic E-state index is 0.642. The van der Waals surface area contributed by atoms with Crippen LogP contribution in [-0.4, -0.2) is 44.1 Å². The highest BCUT2D eigenvalue weighted by Gasteiger charge is 2.44. The predicted molar refractivity (Wildman–Crippen MR) is 126 cm³/mol. The molecular weight excluding hydrogens is 386 g/mol. The van der Waals surface area contributed by atoms with E-state index >= 15 is 0 Å². The number of benzene rings is 2. The van der Waals surface area contributed by atoms with Crippen LogP contribution in [-0.2, 0) is 0 Å². The fourth-order valence-corrected chi connectivity index (χ4v) is 4.67. The van der Waals surface area contributed by atoms with Gasteiger partial charge in [-0.1, -0.05) is 18.2 Å². The van der Waals surface area contributed by atoms with Crippen LogP contribution in [0.15, 0.2) is 54.6 Å². The van der Waals surface area contributed by atoms with Crippen molar-refractivity contribution in [2.45, 2.75) is 32.2 Å². The zero-order valence-electron chi connectivity index (χ0n) is 18.4. The van der Waals surface area contributed by atoms with Crippen molar-refractivity contribution in [3.8, 4) is 17.0 Å². The molecule has 162 valence electrons. The SMILES string of the molecule is CCOc1ccc(-c2cc(C=O)c3ccccc3n2)cc1.CNC1CC2(CCNC2)C1. The second-order valence-electron chi connectivity index (χ2n) is 8.51. The van der Waals surface area contributed by atoms with Crippen LogP contribution in [0, 0.1) is 5.41 Å². The fourth-order valence-electron chi connectivity index (χ4n) is 4.67. The molecule has 5 rings (SSSR count). The molecule has 1 saturated carbocycles. The van der Waals surface area contributed by atoms with E-state index in [2.05, 4.69) is 22.7 Å². The van der Waals surface area contributed by atoms with Gasteiger partial charge < -0.3 is 15.4 Å². The molecule has 1 aliphatic carbocycles. The van der Waals surface area contributed by atoms with Crippen molar-refractivity contribution in [2.24, 2.45) is 5.41 Å². The lowest BCUT2D eigenvalue weighted by Gasteiger charge is -2.44. The average Bonchev–Trinajstić information content (AvgIpc) is 3.29. The van der Waals surface area contributed by atoms with Gasteiger partial charge in [-0.3, -0.25) is 4.79 Å². The molecule has 2 fully saturated rings. The summed E-state index contributed by atoms with van der Waals surface area (Å²) in [4.78, 5) is 15.9. The maximum absolute atomic E-state index is 11.3. The Hall–Kier alpha value is -2.76. The number of carbonyl (C=O) groups excluding carboxylic acids is 1. The zero-order chi connectivity index (χ0) is 21.7. The number of ether oxygens (including phenoxy) is 1. The summed E-state index contributed by atoms with van der Waals surface area (Å²) in [6.07, 6.45) is 5.08. The van der Waals surface area contributed by atoms with Crippen LogP contribution in [0.1, 0.15) is 36.5 Å². The molecule has 1 aliphatic heterocycles. The van der Waals surface area contributed by atoms with E-state index in [0.717, 1.165) is 40.2 Å². The number of pyridine rings is 1. The summed E-state index contributed by atoms with van der Waals surface area (Å²) in [6, 6.07) is 18.0. The minimum absolute atomic E-state index is 0.642. The van der Waals surface area contributed by atoms with E-state index in [1.54, 1.807) is 0 Å². The molecule has 2 aliphatic rings. The van der Waals surface area contributed by atoms with Gasteiger partial charge in [0.2, 0.25) is 0 Å². The van der Waals surface area contributed by atoms with E-state index in [1.165, 1.54) is 32.4 Å². The predicted octanol–water partition coefficient (Wildman–Crippen LogP) is 4.46. The number of para-hydroxylation sites is 1. The van der Waals surface area contributed by atoms with Gasteiger partial charge >= 0.3 is 0 Å². The monoisotopic (exact) mass is 417 g/mol. The van der Waals surface area contributed by atoms with Gasteiger partial charge in [0.15, 0.2) is 6.29 Å². The molecule has 2 aromatic carbocycles. The summed E-state index contributed by atoms with van der Waals surface area (Å²) >= 11 is 0. The number of aromatic nitrogens is 1. The standard InChI is InChI=1S/C18H15NO2.C8H16N2/c1-2-21-15-9-7-13(8-10-15)18-11-14(12-20)16-5-3-4-6-17(16)19-18;1-9-7-4-8(5-7)2-3-10-6-8/h3-12H,2H2,1H3;7,9-10H,2-6H2,1H3. The Morgan fingerprint density at radius 2 is 1.97 bits per heavy atom. The first kappa shape index (κ1) is 21.5. The number of carbonyl (C=O) groups is 1. The Labute approximate surface area is 184 Å². The normalized spacial score (nSPS) is 21.9. The minimum Gasteiger partial charge on any atom is -0.494 e. The molecule has 1 saturated heterocycles. The lowest BCUT2D eigenvalue weighted by atomic mass is 9.65. The van der Waals surface area contributed by atoms with Crippen molar-refractivity contribution in [1.29, 1.82) is 0 Å². The second kappa shape index (κ2) is 9.58. The van der Waals surface area contributed by atoms with E-state index in [0.29, 0.717) is 17.6 Å². The largest absolute Gasteiger partial charge is 0.494 e. The number of nitrogens with zero attached hydrogens (tertiary/aromatic N) is 1. The van der Waals surface area contributed by atoms with E-state index in [9.17, 15) is 4.79 Å². The smallest absolute Gasteiger partial charge is 0.150 e. The van der Waals surface area contributed by atoms with E-state index in [-0.39, 0.29) is 0 Å². The van der Waals surface area contributed by atoms with E-state index in [1.807, 2.05) is 61.5 Å². The fraction of sp³-hybridized carbons (Fsp3) is 0.385. The highest BCUT2D eigenvalue weighted by atomic mass is 16.5. The Bertz CT molecular complexity index is 1020. The molecular formula is C26H31N3O2.